The van der Waals surface area contributed by atoms with Crippen LogP contribution in [0, 0.1) is 12.3 Å². The lowest BCUT2D eigenvalue weighted by atomic mass is 9.98. The molecule has 0 atom stereocenters. The number of ether oxygens (including phenoxy) is 1. The average Bonchev–Trinajstić information content (AvgIpc) is 3.01. The molecule has 1 aliphatic carbocycles. The van der Waals surface area contributed by atoms with Crippen molar-refractivity contribution in [2.75, 3.05) is 11.9 Å². The first kappa shape index (κ1) is 16.0. The van der Waals surface area contributed by atoms with Gasteiger partial charge in [-0.05, 0) is 46.5 Å². The van der Waals surface area contributed by atoms with Gasteiger partial charge >= 0.3 is 6.09 Å². The zero-order chi connectivity index (χ0) is 17.9. The van der Waals surface area contributed by atoms with Gasteiger partial charge in [0.05, 0.1) is 0 Å². The fourth-order valence-corrected chi connectivity index (χ4v) is 3.40. The summed E-state index contributed by atoms with van der Waals surface area (Å²) in [5.41, 5.74) is 6.23. The van der Waals surface area contributed by atoms with Gasteiger partial charge in [0.15, 0.2) is 0 Å². The van der Waals surface area contributed by atoms with Gasteiger partial charge in [0.1, 0.15) is 6.61 Å². The van der Waals surface area contributed by atoms with E-state index in [1.807, 2.05) is 24.3 Å². The van der Waals surface area contributed by atoms with Gasteiger partial charge in [-0.1, -0.05) is 54.5 Å². The molecule has 3 heteroatoms. The van der Waals surface area contributed by atoms with Gasteiger partial charge in [-0.15, -0.1) is 6.42 Å². The van der Waals surface area contributed by atoms with Crippen molar-refractivity contribution < 1.29 is 9.53 Å². The maximum Gasteiger partial charge on any atom is 0.411 e. The molecule has 0 spiro atoms. The van der Waals surface area contributed by atoms with E-state index in [0.29, 0.717) is 12.3 Å². The highest BCUT2D eigenvalue weighted by molar-refractivity contribution is 5.85. The van der Waals surface area contributed by atoms with E-state index in [1.165, 1.54) is 22.3 Å². The van der Waals surface area contributed by atoms with Crippen LogP contribution in [-0.2, 0) is 4.74 Å². The first-order valence-corrected chi connectivity index (χ1v) is 8.45. The zero-order valence-electron chi connectivity index (χ0n) is 14.1. The van der Waals surface area contributed by atoms with Crippen molar-refractivity contribution in [2.45, 2.75) is 5.92 Å². The van der Waals surface area contributed by atoms with Gasteiger partial charge in [0.25, 0.3) is 0 Å². The largest absolute Gasteiger partial charge is 0.448 e. The fourth-order valence-electron chi connectivity index (χ4n) is 3.40. The Morgan fingerprint density at radius 3 is 2.08 bits per heavy atom. The molecule has 0 heterocycles. The molecular weight excluding hydrogens is 322 g/mol. The van der Waals surface area contributed by atoms with E-state index in [2.05, 4.69) is 35.5 Å². The highest BCUT2D eigenvalue weighted by Crippen LogP contribution is 2.44. The lowest BCUT2D eigenvalue weighted by molar-refractivity contribution is 0.158. The summed E-state index contributed by atoms with van der Waals surface area (Å²) >= 11 is 0. The number of anilines is 1. The molecule has 0 bridgehead atoms. The highest BCUT2D eigenvalue weighted by atomic mass is 16.5. The van der Waals surface area contributed by atoms with E-state index in [4.69, 9.17) is 11.2 Å². The number of rotatable bonds is 3. The number of hydrogen-bond acceptors (Lipinski definition) is 2. The van der Waals surface area contributed by atoms with Crippen molar-refractivity contribution in [1.82, 2.24) is 0 Å². The molecule has 4 rings (SSSR count). The third-order valence-electron chi connectivity index (χ3n) is 4.64. The van der Waals surface area contributed by atoms with Gasteiger partial charge in [0, 0.05) is 17.2 Å². The lowest BCUT2D eigenvalue weighted by Crippen LogP contribution is -2.17. The van der Waals surface area contributed by atoms with Gasteiger partial charge in [-0.2, -0.15) is 0 Å². The second-order valence-electron chi connectivity index (χ2n) is 6.17. The van der Waals surface area contributed by atoms with Crippen LogP contribution in [0.1, 0.15) is 22.6 Å². The normalized spacial score (nSPS) is 12.0. The second-order valence-corrected chi connectivity index (χ2v) is 6.17. The number of carbonyl (C=O) groups is 1. The topological polar surface area (TPSA) is 38.3 Å². The number of benzene rings is 3. The standard InChI is InChI=1S/C23H17NO2/c1-2-16-11-13-17(14-12-16)24-23(25)26-15-22-20-9-5-3-7-18(20)19-8-4-6-10-21(19)22/h1,3-14,22H,15H2,(H,24,25). The fraction of sp³-hybridized carbons (Fsp3) is 0.0870. The van der Waals surface area contributed by atoms with Crippen LogP contribution in [0.15, 0.2) is 72.8 Å². The minimum atomic E-state index is -0.472. The van der Waals surface area contributed by atoms with Crippen molar-refractivity contribution >= 4 is 11.8 Å². The summed E-state index contributed by atoms with van der Waals surface area (Å²) in [5, 5.41) is 2.74. The van der Waals surface area contributed by atoms with Crippen LogP contribution in [0.4, 0.5) is 10.5 Å². The highest BCUT2D eigenvalue weighted by Gasteiger charge is 2.28. The first-order chi connectivity index (χ1) is 12.8. The zero-order valence-corrected chi connectivity index (χ0v) is 14.1. The van der Waals surface area contributed by atoms with Crippen molar-refractivity contribution in [3.05, 3.63) is 89.5 Å². The third kappa shape index (κ3) is 2.94. The van der Waals surface area contributed by atoms with Crippen LogP contribution in [-0.4, -0.2) is 12.7 Å². The monoisotopic (exact) mass is 339 g/mol. The molecule has 3 aromatic rings. The van der Waals surface area contributed by atoms with E-state index in [0.717, 1.165) is 5.56 Å². The molecule has 1 amide bonds. The second kappa shape index (κ2) is 6.78. The van der Waals surface area contributed by atoms with E-state index < -0.39 is 6.09 Å². The summed E-state index contributed by atoms with van der Waals surface area (Å²) in [6, 6.07) is 23.6. The Morgan fingerprint density at radius 1 is 0.923 bits per heavy atom. The third-order valence-corrected chi connectivity index (χ3v) is 4.64. The van der Waals surface area contributed by atoms with Gasteiger partial charge < -0.3 is 4.74 Å². The van der Waals surface area contributed by atoms with E-state index in [-0.39, 0.29) is 5.92 Å². The summed E-state index contributed by atoms with van der Waals surface area (Å²) in [6.45, 7) is 0.294. The summed E-state index contributed by atoms with van der Waals surface area (Å²) < 4.78 is 5.51. The van der Waals surface area contributed by atoms with Crippen LogP contribution in [0.5, 0.6) is 0 Å². The number of carbonyl (C=O) groups excluding carboxylic acids is 1. The molecule has 1 N–H and O–H groups in total. The number of nitrogens with one attached hydrogen (secondary N) is 1. The number of amides is 1. The number of fused-ring (bicyclic) bond motifs is 3. The Bertz CT molecular complexity index is 954. The Morgan fingerprint density at radius 2 is 1.50 bits per heavy atom. The summed E-state index contributed by atoms with van der Waals surface area (Å²) in [4.78, 5) is 12.2. The maximum atomic E-state index is 12.2. The molecule has 0 saturated heterocycles. The smallest absolute Gasteiger partial charge is 0.411 e. The van der Waals surface area contributed by atoms with Crippen LogP contribution in [0.2, 0.25) is 0 Å². The Kier molecular flexibility index (Phi) is 4.17. The molecule has 1 aliphatic rings. The molecule has 0 unspecified atom stereocenters. The van der Waals surface area contributed by atoms with Crippen LogP contribution in [0.25, 0.3) is 11.1 Å². The molecular formula is C23H17NO2. The summed E-state index contributed by atoms with van der Waals surface area (Å²) in [7, 11) is 0. The van der Waals surface area contributed by atoms with E-state index in [9.17, 15) is 4.79 Å². The molecule has 26 heavy (non-hydrogen) atoms. The predicted molar refractivity (Wildman–Crippen MR) is 103 cm³/mol. The molecule has 0 radical (unpaired) electrons. The van der Waals surface area contributed by atoms with E-state index >= 15 is 0 Å². The Labute approximate surface area is 152 Å². The Balaban J connectivity index is 1.47. The molecule has 0 aliphatic heterocycles. The molecule has 0 saturated carbocycles. The maximum absolute atomic E-state index is 12.2. The van der Waals surface area contributed by atoms with Crippen LogP contribution in [0.3, 0.4) is 0 Å². The number of hydrogen-bond donors (Lipinski definition) is 1. The SMILES string of the molecule is C#Cc1ccc(NC(=O)OCC2c3ccccc3-c3ccccc32)cc1. The van der Waals surface area contributed by atoms with Crippen molar-refractivity contribution in [3.8, 4) is 23.5 Å². The lowest BCUT2D eigenvalue weighted by Gasteiger charge is -2.14. The van der Waals surface area contributed by atoms with Gasteiger partial charge in [-0.25, -0.2) is 4.79 Å². The summed E-state index contributed by atoms with van der Waals surface area (Å²) in [6.07, 6.45) is 4.86. The average molecular weight is 339 g/mol. The van der Waals surface area contributed by atoms with Crippen molar-refractivity contribution in [2.24, 2.45) is 0 Å². The minimum Gasteiger partial charge on any atom is -0.448 e. The quantitative estimate of drug-likeness (QED) is 0.680. The molecule has 3 aromatic carbocycles. The number of terminal acetylenes is 1. The van der Waals surface area contributed by atoms with Crippen molar-refractivity contribution in [1.29, 1.82) is 0 Å². The molecule has 126 valence electrons. The molecule has 0 fully saturated rings. The predicted octanol–water partition coefficient (Wildman–Crippen LogP) is 5.03. The van der Waals surface area contributed by atoms with Crippen LogP contribution < -0.4 is 5.32 Å². The van der Waals surface area contributed by atoms with Gasteiger partial charge in [0.2, 0.25) is 0 Å². The molecule has 0 aromatic heterocycles. The van der Waals surface area contributed by atoms with Gasteiger partial charge in [-0.3, -0.25) is 5.32 Å². The Hall–Kier alpha value is -3.51. The summed E-state index contributed by atoms with van der Waals surface area (Å²) in [5.74, 6) is 2.60. The van der Waals surface area contributed by atoms with Crippen molar-refractivity contribution in [3.63, 3.8) is 0 Å². The molecule has 3 nitrogen and oxygen atoms in total. The first-order valence-electron chi connectivity index (χ1n) is 8.45. The van der Waals surface area contributed by atoms with Crippen LogP contribution >= 0.6 is 0 Å². The van der Waals surface area contributed by atoms with E-state index in [1.54, 1.807) is 24.3 Å². The minimum absolute atomic E-state index is 0.0527.